The molecule has 1 atom stereocenters. The molecule has 0 spiro atoms. The van der Waals surface area contributed by atoms with E-state index in [1.54, 1.807) is 0 Å². The molecule has 0 fully saturated rings. The second kappa shape index (κ2) is 5.11. The molecular weight excluding hydrogens is 224 g/mol. The Morgan fingerprint density at radius 3 is 2.56 bits per heavy atom. The van der Waals surface area contributed by atoms with Crippen molar-refractivity contribution in [2.45, 2.75) is 52.6 Å². The van der Waals surface area contributed by atoms with E-state index in [9.17, 15) is 4.79 Å². The highest BCUT2D eigenvalue weighted by Crippen LogP contribution is 2.35. The van der Waals surface area contributed by atoms with Crippen LogP contribution in [0, 0.1) is 13.8 Å². The molecule has 1 aliphatic heterocycles. The van der Waals surface area contributed by atoms with E-state index in [1.807, 2.05) is 0 Å². The average molecular weight is 246 g/mol. The summed E-state index contributed by atoms with van der Waals surface area (Å²) in [5.41, 5.74) is 4.49. The predicted octanol–water partition coefficient (Wildman–Crippen LogP) is 3.07. The molecule has 1 amide bonds. The molecule has 98 valence electrons. The highest BCUT2D eigenvalue weighted by molar-refractivity contribution is 6.03. The first-order chi connectivity index (χ1) is 8.58. The second-order valence-electron chi connectivity index (χ2n) is 5.07. The fourth-order valence-corrected chi connectivity index (χ4v) is 2.51. The van der Waals surface area contributed by atoms with E-state index in [0.717, 1.165) is 24.1 Å². The van der Waals surface area contributed by atoms with Crippen LogP contribution in [0.1, 0.15) is 49.4 Å². The molecule has 1 unspecified atom stereocenters. The Bertz CT molecular complexity index is 464. The third kappa shape index (κ3) is 2.15. The van der Waals surface area contributed by atoms with Gasteiger partial charge in [0.2, 0.25) is 5.91 Å². The zero-order valence-corrected chi connectivity index (χ0v) is 11.6. The van der Waals surface area contributed by atoms with Crippen LogP contribution >= 0.6 is 0 Å². The number of carbonyl (C=O) groups is 1. The van der Waals surface area contributed by atoms with Crippen molar-refractivity contribution < 1.29 is 4.79 Å². The highest BCUT2D eigenvalue weighted by atomic mass is 16.2. The van der Waals surface area contributed by atoms with E-state index in [2.05, 4.69) is 50.5 Å². The Morgan fingerprint density at radius 1 is 1.28 bits per heavy atom. The molecule has 0 saturated heterocycles. The number of carbonyl (C=O) groups excluding carboxylic acids is 1. The zero-order valence-electron chi connectivity index (χ0n) is 11.6. The lowest BCUT2D eigenvalue weighted by atomic mass is 10.00. The largest absolute Gasteiger partial charge is 0.324 e. The number of amides is 1. The Kier molecular flexibility index (Phi) is 3.71. The molecule has 2 N–H and O–H groups in total. The van der Waals surface area contributed by atoms with Gasteiger partial charge in [0.1, 0.15) is 6.04 Å². The smallest absolute Gasteiger partial charge is 0.246 e. The molecule has 1 aliphatic rings. The SMILES string of the molecule is CCC(CC)NC1C(=O)Nc2c1ccc(C)c2C. The van der Waals surface area contributed by atoms with E-state index in [0.29, 0.717) is 6.04 Å². The Morgan fingerprint density at radius 2 is 1.94 bits per heavy atom. The summed E-state index contributed by atoms with van der Waals surface area (Å²) in [6.45, 7) is 8.43. The molecule has 18 heavy (non-hydrogen) atoms. The number of benzene rings is 1. The van der Waals surface area contributed by atoms with Crippen molar-refractivity contribution in [3.8, 4) is 0 Å². The predicted molar refractivity (Wildman–Crippen MR) is 74.8 cm³/mol. The first-order valence-electron chi connectivity index (χ1n) is 6.75. The second-order valence-corrected chi connectivity index (χ2v) is 5.07. The zero-order chi connectivity index (χ0) is 13.3. The topological polar surface area (TPSA) is 41.1 Å². The normalized spacial score (nSPS) is 18.1. The fourth-order valence-electron chi connectivity index (χ4n) is 2.51. The number of rotatable bonds is 4. The maximum Gasteiger partial charge on any atom is 0.246 e. The van der Waals surface area contributed by atoms with E-state index in [4.69, 9.17) is 0 Å². The van der Waals surface area contributed by atoms with Crippen molar-refractivity contribution >= 4 is 11.6 Å². The van der Waals surface area contributed by atoms with Gasteiger partial charge in [0.15, 0.2) is 0 Å². The average Bonchev–Trinajstić information content (AvgIpc) is 2.68. The van der Waals surface area contributed by atoms with Crippen molar-refractivity contribution in [1.29, 1.82) is 0 Å². The summed E-state index contributed by atoms with van der Waals surface area (Å²) >= 11 is 0. The van der Waals surface area contributed by atoms with Crippen LogP contribution < -0.4 is 10.6 Å². The lowest BCUT2D eigenvalue weighted by molar-refractivity contribution is -0.117. The van der Waals surface area contributed by atoms with Crippen molar-refractivity contribution in [2.24, 2.45) is 0 Å². The van der Waals surface area contributed by atoms with Gasteiger partial charge < -0.3 is 5.32 Å². The van der Waals surface area contributed by atoms with E-state index >= 15 is 0 Å². The number of anilines is 1. The van der Waals surface area contributed by atoms with Crippen molar-refractivity contribution in [1.82, 2.24) is 5.32 Å². The molecule has 2 rings (SSSR count). The van der Waals surface area contributed by atoms with Gasteiger partial charge in [-0.1, -0.05) is 26.0 Å². The van der Waals surface area contributed by atoms with Crippen molar-refractivity contribution in [2.75, 3.05) is 5.32 Å². The van der Waals surface area contributed by atoms with E-state index in [-0.39, 0.29) is 11.9 Å². The third-order valence-electron chi connectivity index (χ3n) is 3.98. The lowest BCUT2D eigenvalue weighted by Crippen LogP contribution is -2.35. The third-order valence-corrected chi connectivity index (χ3v) is 3.98. The summed E-state index contributed by atoms with van der Waals surface area (Å²) in [5.74, 6) is 0.0746. The van der Waals surface area contributed by atoms with Crippen LogP contribution in [0.2, 0.25) is 0 Å². The number of nitrogens with one attached hydrogen (secondary N) is 2. The Hall–Kier alpha value is -1.35. The molecule has 1 aromatic rings. The van der Waals surface area contributed by atoms with Gasteiger partial charge in [-0.25, -0.2) is 0 Å². The van der Waals surface area contributed by atoms with E-state index in [1.165, 1.54) is 11.1 Å². The molecule has 0 bridgehead atoms. The molecular formula is C15H22N2O. The highest BCUT2D eigenvalue weighted by Gasteiger charge is 2.32. The fraction of sp³-hybridized carbons (Fsp3) is 0.533. The molecule has 1 aromatic carbocycles. The number of hydrogen-bond acceptors (Lipinski definition) is 2. The van der Waals surface area contributed by atoms with Gasteiger partial charge >= 0.3 is 0 Å². The van der Waals surface area contributed by atoms with Crippen LogP contribution in [0.25, 0.3) is 0 Å². The summed E-state index contributed by atoms with van der Waals surface area (Å²) in [6.07, 6.45) is 2.08. The van der Waals surface area contributed by atoms with E-state index < -0.39 is 0 Å². The summed E-state index contributed by atoms with van der Waals surface area (Å²) in [4.78, 5) is 12.1. The van der Waals surface area contributed by atoms with Gasteiger partial charge in [-0.05, 0) is 37.8 Å². The summed E-state index contributed by atoms with van der Waals surface area (Å²) in [7, 11) is 0. The van der Waals surface area contributed by atoms with Gasteiger partial charge in [-0.2, -0.15) is 0 Å². The van der Waals surface area contributed by atoms with Gasteiger partial charge in [0.05, 0.1) is 0 Å². The molecule has 0 aromatic heterocycles. The first kappa shape index (κ1) is 13.1. The van der Waals surface area contributed by atoms with Crippen molar-refractivity contribution in [3.63, 3.8) is 0 Å². The molecule has 0 radical (unpaired) electrons. The molecule has 0 saturated carbocycles. The van der Waals surface area contributed by atoms with Crippen LogP contribution in [0.3, 0.4) is 0 Å². The molecule has 0 aliphatic carbocycles. The standard InChI is InChI=1S/C15H22N2O/c1-5-11(6-2)16-14-12-8-7-9(3)10(4)13(12)17-15(14)18/h7-8,11,14,16H,5-6H2,1-4H3,(H,17,18). The van der Waals surface area contributed by atoms with Crippen molar-refractivity contribution in [3.05, 3.63) is 28.8 Å². The van der Waals surface area contributed by atoms with Gasteiger partial charge in [-0.3, -0.25) is 10.1 Å². The van der Waals surface area contributed by atoms with Crippen LogP contribution in [0.4, 0.5) is 5.69 Å². The van der Waals surface area contributed by atoms with Crippen LogP contribution in [0.15, 0.2) is 12.1 Å². The summed E-state index contributed by atoms with van der Waals surface area (Å²) < 4.78 is 0. The number of fused-ring (bicyclic) bond motifs is 1. The lowest BCUT2D eigenvalue weighted by Gasteiger charge is -2.19. The number of aryl methyl sites for hydroxylation is 1. The minimum atomic E-state index is -0.191. The van der Waals surface area contributed by atoms with Crippen LogP contribution in [-0.2, 0) is 4.79 Å². The monoisotopic (exact) mass is 246 g/mol. The molecule has 1 heterocycles. The summed E-state index contributed by atoms with van der Waals surface area (Å²) in [6, 6.07) is 4.36. The Balaban J connectivity index is 2.31. The Labute approximate surface area is 109 Å². The van der Waals surface area contributed by atoms with Crippen LogP contribution in [0.5, 0.6) is 0 Å². The first-order valence-corrected chi connectivity index (χ1v) is 6.75. The van der Waals surface area contributed by atoms with Gasteiger partial charge in [0, 0.05) is 17.3 Å². The molecule has 3 heteroatoms. The quantitative estimate of drug-likeness (QED) is 0.857. The molecule has 3 nitrogen and oxygen atoms in total. The summed E-state index contributed by atoms with van der Waals surface area (Å²) in [5, 5.41) is 6.46. The maximum atomic E-state index is 12.1. The van der Waals surface area contributed by atoms with Gasteiger partial charge in [-0.15, -0.1) is 0 Å². The minimum absolute atomic E-state index is 0.0746. The number of hydrogen-bond donors (Lipinski definition) is 2. The van der Waals surface area contributed by atoms with Crippen LogP contribution in [-0.4, -0.2) is 11.9 Å². The van der Waals surface area contributed by atoms with Gasteiger partial charge in [0.25, 0.3) is 0 Å². The minimum Gasteiger partial charge on any atom is -0.324 e. The maximum absolute atomic E-state index is 12.1.